The van der Waals surface area contributed by atoms with E-state index in [1.807, 2.05) is 0 Å². The van der Waals surface area contributed by atoms with Gasteiger partial charge in [-0.25, -0.2) is 4.68 Å². The van der Waals surface area contributed by atoms with E-state index in [9.17, 15) is 4.79 Å². The molecule has 0 spiro atoms. The predicted octanol–water partition coefficient (Wildman–Crippen LogP) is 2.92. The summed E-state index contributed by atoms with van der Waals surface area (Å²) in [5.41, 5.74) is 0.392. The molecule has 0 radical (unpaired) electrons. The SMILES string of the molecule is CCC1CCCCC1Nc1cnn(CCOC)c(=O)c1Cl. The van der Waals surface area contributed by atoms with Crippen molar-refractivity contribution in [1.82, 2.24) is 9.78 Å². The van der Waals surface area contributed by atoms with Crippen molar-refractivity contribution in [3.63, 3.8) is 0 Å². The molecular weight excluding hydrogens is 290 g/mol. The quantitative estimate of drug-likeness (QED) is 0.877. The van der Waals surface area contributed by atoms with Gasteiger partial charge in [-0.05, 0) is 18.8 Å². The van der Waals surface area contributed by atoms with Crippen LogP contribution in [0.1, 0.15) is 39.0 Å². The average molecular weight is 314 g/mol. The molecule has 5 nitrogen and oxygen atoms in total. The summed E-state index contributed by atoms with van der Waals surface area (Å²) < 4.78 is 6.30. The zero-order valence-corrected chi connectivity index (χ0v) is 13.5. The molecule has 1 saturated carbocycles. The van der Waals surface area contributed by atoms with Crippen molar-refractivity contribution in [2.75, 3.05) is 19.0 Å². The lowest BCUT2D eigenvalue weighted by Gasteiger charge is -2.32. The van der Waals surface area contributed by atoms with Gasteiger partial charge >= 0.3 is 0 Å². The minimum absolute atomic E-state index is 0.224. The Bertz CT molecular complexity index is 518. The minimum Gasteiger partial charge on any atom is -0.383 e. The molecule has 21 heavy (non-hydrogen) atoms. The maximum Gasteiger partial charge on any atom is 0.287 e. The van der Waals surface area contributed by atoms with E-state index in [4.69, 9.17) is 16.3 Å². The number of nitrogens with one attached hydrogen (secondary N) is 1. The summed E-state index contributed by atoms with van der Waals surface area (Å²) in [6.07, 6.45) is 7.69. The van der Waals surface area contributed by atoms with Gasteiger partial charge in [0.1, 0.15) is 5.02 Å². The molecule has 1 N–H and O–H groups in total. The number of halogens is 1. The second-order valence-corrected chi connectivity index (χ2v) is 5.97. The van der Waals surface area contributed by atoms with Gasteiger partial charge in [0.25, 0.3) is 5.56 Å². The lowest BCUT2D eigenvalue weighted by molar-refractivity contribution is 0.182. The lowest BCUT2D eigenvalue weighted by Crippen LogP contribution is -2.33. The molecule has 6 heteroatoms. The van der Waals surface area contributed by atoms with E-state index in [0.717, 1.165) is 12.8 Å². The van der Waals surface area contributed by atoms with Crippen LogP contribution in [-0.2, 0) is 11.3 Å². The Morgan fingerprint density at radius 1 is 1.48 bits per heavy atom. The molecule has 1 aromatic rings. The van der Waals surface area contributed by atoms with Crippen LogP contribution in [0.2, 0.25) is 5.02 Å². The largest absolute Gasteiger partial charge is 0.383 e. The van der Waals surface area contributed by atoms with E-state index in [2.05, 4.69) is 17.3 Å². The first-order valence-corrected chi connectivity index (χ1v) is 8.06. The number of anilines is 1. The van der Waals surface area contributed by atoms with Gasteiger partial charge in [-0.2, -0.15) is 5.10 Å². The number of hydrogen-bond acceptors (Lipinski definition) is 4. The van der Waals surface area contributed by atoms with Crippen LogP contribution in [0.25, 0.3) is 0 Å². The molecule has 0 amide bonds. The van der Waals surface area contributed by atoms with Crippen molar-refractivity contribution in [3.05, 3.63) is 21.6 Å². The highest BCUT2D eigenvalue weighted by Crippen LogP contribution is 2.30. The highest BCUT2D eigenvalue weighted by atomic mass is 35.5. The summed E-state index contributed by atoms with van der Waals surface area (Å²) in [6, 6.07) is 0.386. The van der Waals surface area contributed by atoms with Crippen LogP contribution in [0.5, 0.6) is 0 Å². The molecule has 2 unspecified atom stereocenters. The Labute approximate surface area is 130 Å². The third kappa shape index (κ3) is 3.98. The van der Waals surface area contributed by atoms with Gasteiger partial charge < -0.3 is 10.1 Å². The predicted molar refractivity (Wildman–Crippen MR) is 85.0 cm³/mol. The lowest BCUT2D eigenvalue weighted by atomic mass is 9.83. The fourth-order valence-corrected chi connectivity index (χ4v) is 3.19. The summed E-state index contributed by atoms with van der Waals surface area (Å²) >= 11 is 6.21. The minimum atomic E-state index is -0.262. The van der Waals surface area contributed by atoms with E-state index in [1.54, 1.807) is 13.3 Å². The van der Waals surface area contributed by atoms with Gasteiger partial charge in [-0.3, -0.25) is 4.79 Å². The van der Waals surface area contributed by atoms with Crippen LogP contribution < -0.4 is 10.9 Å². The Morgan fingerprint density at radius 3 is 2.95 bits per heavy atom. The van der Waals surface area contributed by atoms with Crippen LogP contribution in [0.4, 0.5) is 5.69 Å². The molecule has 0 aromatic carbocycles. The first-order chi connectivity index (χ1) is 10.2. The van der Waals surface area contributed by atoms with E-state index in [0.29, 0.717) is 30.8 Å². The summed E-state index contributed by atoms with van der Waals surface area (Å²) in [6.45, 7) is 3.07. The van der Waals surface area contributed by atoms with E-state index >= 15 is 0 Å². The van der Waals surface area contributed by atoms with Crippen LogP contribution >= 0.6 is 11.6 Å². The molecule has 2 atom stereocenters. The monoisotopic (exact) mass is 313 g/mol. The standard InChI is InChI=1S/C15H24ClN3O2/c1-3-11-6-4-5-7-12(11)18-13-10-17-19(8-9-21-2)15(20)14(13)16/h10-12,18H,3-9H2,1-2H3. The molecule has 0 aliphatic heterocycles. The van der Waals surface area contributed by atoms with Crippen LogP contribution in [0.3, 0.4) is 0 Å². The number of methoxy groups -OCH3 is 1. The Hall–Kier alpha value is -1.07. The molecule has 1 aliphatic rings. The molecule has 0 saturated heterocycles. The second-order valence-electron chi connectivity index (χ2n) is 5.60. The fourth-order valence-electron chi connectivity index (χ4n) is 2.99. The first kappa shape index (κ1) is 16.3. The Balaban J connectivity index is 2.13. The van der Waals surface area contributed by atoms with Crippen molar-refractivity contribution in [2.24, 2.45) is 5.92 Å². The number of ether oxygens (including phenoxy) is 1. The average Bonchev–Trinajstić information content (AvgIpc) is 2.51. The molecule has 1 fully saturated rings. The van der Waals surface area contributed by atoms with Gasteiger partial charge in [0.15, 0.2) is 0 Å². The summed E-state index contributed by atoms with van der Waals surface area (Å²) in [5, 5.41) is 7.83. The molecular formula is C15H24ClN3O2. The third-order valence-electron chi connectivity index (χ3n) is 4.27. The molecule has 1 heterocycles. The van der Waals surface area contributed by atoms with Crippen molar-refractivity contribution in [2.45, 2.75) is 51.6 Å². The summed E-state index contributed by atoms with van der Waals surface area (Å²) in [7, 11) is 1.59. The number of aromatic nitrogens is 2. The smallest absolute Gasteiger partial charge is 0.287 e. The van der Waals surface area contributed by atoms with Crippen LogP contribution in [-0.4, -0.2) is 29.5 Å². The Morgan fingerprint density at radius 2 is 2.24 bits per heavy atom. The molecule has 1 aliphatic carbocycles. The molecule has 0 bridgehead atoms. The fraction of sp³-hybridized carbons (Fsp3) is 0.733. The topological polar surface area (TPSA) is 56.1 Å². The van der Waals surface area contributed by atoms with Gasteiger partial charge in [0.2, 0.25) is 0 Å². The van der Waals surface area contributed by atoms with Crippen molar-refractivity contribution in [1.29, 1.82) is 0 Å². The van der Waals surface area contributed by atoms with E-state index in [1.165, 1.54) is 23.9 Å². The second kappa shape index (κ2) is 7.80. The zero-order valence-electron chi connectivity index (χ0n) is 12.8. The molecule has 118 valence electrons. The zero-order chi connectivity index (χ0) is 15.2. The first-order valence-electron chi connectivity index (χ1n) is 7.68. The van der Waals surface area contributed by atoms with Crippen LogP contribution in [0, 0.1) is 5.92 Å². The maximum atomic E-state index is 12.2. The normalized spacial score (nSPS) is 22.2. The summed E-state index contributed by atoms with van der Waals surface area (Å²) in [4.78, 5) is 12.2. The highest BCUT2D eigenvalue weighted by molar-refractivity contribution is 6.32. The van der Waals surface area contributed by atoms with Crippen molar-refractivity contribution < 1.29 is 4.74 Å². The van der Waals surface area contributed by atoms with Crippen molar-refractivity contribution in [3.8, 4) is 0 Å². The number of rotatable bonds is 6. The third-order valence-corrected chi connectivity index (χ3v) is 4.63. The van der Waals surface area contributed by atoms with E-state index < -0.39 is 0 Å². The highest BCUT2D eigenvalue weighted by Gasteiger charge is 2.24. The Kier molecular flexibility index (Phi) is 6.06. The van der Waals surface area contributed by atoms with Crippen LogP contribution in [0.15, 0.2) is 11.0 Å². The van der Waals surface area contributed by atoms with Gasteiger partial charge in [0, 0.05) is 13.2 Å². The van der Waals surface area contributed by atoms with Gasteiger partial charge in [0.05, 0.1) is 25.0 Å². The van der Waals surface area contributed by atoms with Crippen molar-refractivity contribution >= 4 is 17.3 Å². The summed E-state index contributed by atoms with van der Waals surface area (Å²) in [5.74, 6) is 0.644. The van der Waals surface area contributed by atoms with Gasteiger partial charge in [-0.1, -0.05) is 37.8 Å². The van der Waals surface area contributed by atoms with Gasteiger partial charge in [-0.15, -0.1) is 0 Å². The molecule has 2 rings (SSSR count). The number of nitrogens with zero attached hydrogens (tertiary/aromatic N) is 2. The number of hydrogen-bond donors (Lipinski definition) is 1. The van der Waals surface area contributed by atoms with E-state index in [-0.39, 0.29) is 10.6 Å². The maximum absolute atomic E-state index is 12.2. The molecule has 1 aromatic heterocycles.